The molecule has 3 aromatic carbocycles. The standard InChI is InChI=1S/C26H26N2O/c1-17-14-18(2)24-22(15-17)20-12-13-27-25(26(20)28-24)21-10-6-7-11-23(21)29-16-19-8-4-3-5-9-19/h3-11,14-15,25,27-28H,12-13,16H2,1-2H3. The van der Waals surface area contributed by atoms with Crippen molar-refractivity contribution in [2.75, 3.05) is 6.54 Å². The van der Waals surface area contributed by atoms with Crippen molar-refractivity contribution in [3.63, 3.8) is 0 Å². The van der Waals surface area contributed by atoms with Crippen LogP contribution in [0.1, 0.15) is 39.6 Å². The van der Waals surface area contributed by atoms with E-state index in [4.69, 9.17) is 4.74 Å². The Kier molecular flexibility index (Phi) is 4.61. The van der Waals surface area contributed by atoms with Gasteiger partial charge in [-0.1, -0.05) is 60.2 Å². The average molecular weight is 383 g/mol. The molecule has 3 nitrogen and oxygen atoms in total. The second kappa shape index (κ2) is 7.41. The van der Waals surface area contributed by atoms with E-state index in [1.165, 1.54) is 44.4 Å². The molecule has 3 heteroatoms. The van der Waals surface area contributed by atoms with Gasteiger partial charge in [0.2, 0.25) is 0 Å². The first-order valence-electron chi connectivity index (χ1n) is 10.3. The Morgan fingerprint density at radius 3 is 2.62 bits per heavy atom. The molecule has 4 aromatic rings. The summed E-state index contributed by atoms with van der Waals surface area (Å²) in [5.74, 6) is 0.938. The van der Waals surface area contributed by atoms with Gasteiger partial charge in [0.15, 0.2) is 0 Å². The van der Waals surface area contributed by atoms with Gasteiger partial charge in [0.25, 0.3) is 0 Å². The zero-order valence-corrected chi connectivity index (χ0v) is 17.0. The highest BCUT2D eigenvalue weighted by Crippen LogP contribution is 2.38. The maximum absolute atomic E-state index is 6.25. The topological polar surface area (TPSA) is 37.0 Å². The first-order valence-corrected chi connectivity index (χ1v) is 10.3. The molecule has 1 atom stereocenters. The molecule has 5 rings (SSSR count). The lowest BCUT2D eigenvalue weighted by Crippen LogP contribution is -2.30. The molecule has 1 aromatic heterocycles. The number of aromatic amines is 1. The Labute approximate surface area is 171 Å². The second-order valence-electron chi connectivity index (χ2n) is 7.97. The third-order valence-electron chi connectivity index (χ3n) is 5.87. The van der Waals surface area contributed by atoms with Gasteiger partial charge in [0.1, 0.15) is 12.4 Å². The van der Waals surface area contributed by atoms with Gasteiger partial charge >= 0.3 is 0 Å². The molecule has 0 aliphatic carbocycles. The molecule has 2 heterocycles. The molecule has 0 spiro atoms. The predicted molar refractivity (Wildman–Crippen MR) is 119 cm³/mol. The second-order valence-corrected chi connectivity index (χ2v) is 7.97. The van der Waals surface area contributed by atoms with Gasteiger partial charge in [-0.2, -0.15) is 0 Å². The van der Waals surface area contributed by atoms with Crippen LogP contribution in [0, 0.1) is 13.8 Å². The maximum atomic E-state index is 6.25. The van der Waals surface area contributed by atoms with Gasteiger partial charge in [-0.25, -0.2) is 0 Å². The summed E-state index contributed by atoms with van der Waals surface area (Å²) in [4.78, 5) is 3.74. The van der Waals surface area contributed by atoms with Crippen LogP contribution in [0.2, 0.25) is 0 Å². The fraction of sp³-hybridized carbons (Fsp3) is 0.231. The van der Waals surface area contributed by atoms with Crippen LogP contribution in [0.25, 0.3) is 10.9 Å². The summed E-state index contributed by atoms with van der Waals surface area (Å²) >= 11 is 0. The molecule has 0 saturated carbocycles. The average Bonchev–Trinajstić information content (AvgIpc) is 3.12. The van der Waals surface area contributed by atoms with Gasteiger partial charge in [-0.05, 0) is 49.1 Å². The van der Waals surface area contributed by atoms with E-state index in [9.17, 15) is 0 Å². The number of aryl methyl sites for hydroxylation is 2. The minimum Gasteiger partial charge on any atom is -0.489 e. The Balaban J connectivity index is 1.54. The first kappa shape index (κ1) is 18.0. The Hall–Kier alpha value is -3.04. The van der Waals surface area contributed by atoms with E-state index >= 15 is 0 Å². The van der Waals surface area contributed by atoms with Gasteiger partial charge < -0.3 is 15.0 Å². The molecule has 0 bridgehead atoms. The van der Waals surface area contributed by atoms with E-state index in [0.29, 0.717) is 6.61 Å². The normalized spacial score (nSPS) is 16.0. The van der Waals surface area contributed by atoms with Crippen molar-refractivity contribution in [1.82, 2.24) is 10.3 Å². The molecule has 0 amide bonds. The largest absolute Gasteiger partial charge is 0.489 e. The molecule has 0 fully saturated rings. The molecule has 1 aliphatic heterocycles. The minimum atomic E-state index is 0.109. The Morgan fingerprint density at radius 1 is 0.966 bits per heavy atom. The van der Waals surface area contributed by atoms with Gasteiger partial charge in [0.05, 0.1) is 6.04 Å². The monoisotopic (exact) mass is 382 g/mol. The van der Waals surface area contributed by atoms with E-state index in [0.717, 1.165) is 18.7 Å². The van der Waals surface area contributed by atoms with Crippen molar-refractivity contribution in [3.05, 3.63) is 100 Å². The number of rotatable bonds is 4. The summed E-state index contributed by atoms with van der Waals surface area (Å²) in [6.07, 6.45) is 1.04. The molecule has 2 N–H and O–H groups in total. The highest BCUT2D eigenvalue weighted by Gasteiger charge is 2.27. The third kappa shape index (κ3) is 3.32. The van der Waals surface area contributed by atoms with Crippen molar-refractivity contribution >= 4 is 10.9 Å². The molecular formula is C26H26N2O. The van der Waals surface area contributed by atoms with E-state index in [2.05, 4.69) is 66.6 Å². The summed E-state index contributed by atoms with van der Waals surface area (Å²) in [5, 5.41) is 5.08. The molecule has 0 radical (unpaired) electrons. The highest BCUT2D eigenvalue weighted by molar-refractivity contribution is 5.88. The smallest absolute Gasteiger partial charge is 0.124 e. The summed E-state index contributed by atoms with van der Waals surface area (Å²) in [6.45, 7) is 5.90. The quantitative estimate of drug-likeness (QED) is 0.482. The van der Waals surface area contributed by atoms with Crippen LogP contribution in [0.4, 0.5) is 0 Å². The number of ether oxygens (including phenoxy) is 1. The molecule has 146 valence electrons. The van der Waals surface area contributed by atoms with Crippen molar-refractivity contribution in [2.45, 2.75) is 32.9 Å². The number of benzene rings is 3. The van der Waals surface area contributed by atoms with Crippen molar-refractivity contribution in [1.29, 1.82) is 0 Å². The predicted octanol–water partition coefficient (Wildman–Crippen LogP) is 5.60. The number of nitrogens with one attached hydrogen (secondary N) is 2. The third-order valence-corrected chi connectivity index (χ3v) is 5.87. The molecule has 1 aliphatic rings. The number of hydrogen-bond donors (Lipinski definition) is 2. The Morgan fingerprint density at radius 2 is 1.76 bits per heavy atom. The lowest BCUT2D eigenvalue weighted by atomic mass is 9.93. The van der Waals surface area contributed by atoms with Crippen LogP contribution in [0.3, 0.4) is 0 Å². The zero-order chi connectivity index (χ0) is 19.8. The number of aromatic nitrogens is 1. The lowest BCUT2D eigenvalue weighted by Gasteiger charge is -2.26. The summed E-state index contributed by atoms with van der Waals surface area (Å²) in [7, 11) is 0. The van der Waals surface area contributed by atoms with E-state index in [-0.39, 0.29) is 6.04 Å². The van der Waals surface area contributed by atoms with Crippen LogP contribution < -0.4 is 10.1 Å². The lowest BCUT2D eigenvalue weighted by molar-refractivity contribution is 0.300. The van der Waals surface area contributed by atoms with E-state index in [1.54, 1.807) is 0 Å². The highest BCUT2D eigenvalue weighted by atomic mass is 16.5. The number of fused-ring (bicyclic) bond motifs is 3. The molecule has 1 unspecified atom stereocenters. The van der Waals surface area contributed by atoms with Gasteiger partial charge in [-0.15, -0.1) is 0 Å². The van der Waals surface area contributed by atoms with Gasteiger partial charge in [-0.3, -0.25) is 0 Å². The minimum absolute atomic E-state index is 0.109. The van der Waals surface area contributed by atoms with Crippen molar-refractivity contribution in [2.24, 2.45) is 0 Å². The van der Waals surface area contributed by atoms with Gasteiger partial charge in [0, 0.05) is 28.7 Å². The van der Waals surface area contributed by atoms with Crippen LogP contribution in [-0.2, 0) is 13.0 Å². The summed E-state index contributed by atoms with van der Waals surface area (Å²) < 4.78 is 6.25. The fourth-order valence-electron chi connectivity index (χ4n) is 4.54. The van der Waals surface area contributed by atoms with E-state index < -0.39 is 0 Å². The maximum Gasteiger partial charge on any atom is 0.124 e. The number of hydrogen-bond acceptors (Lipinski definition) is 2. The number of para-hydroxylation sites is 1. The molecular weight excluding hydrogens is 356 g/mol. The molecule has 29 heavy (non-hydrogen) atoms. The fourth-order valence-corrected chi connectivity index (χ4v) is 4.54. The van der Waals surface area contributed by atoms with Crippen LogP contribution in [0.15, 0.2) is 66.7 Å². The SMILES string of the molecule is Cc1cc(C)c2[nH]c3c(c2c1)CCNC3c1ccccc1OCc1ccccc1. The summed E-state index contributed by atoms with van der Waals surface area (Å²) in [5.41, 5.74) is 8.96. The van der Waals surface area contributed by atoms with Crippen LogP contribution in [0.5, 0.6) is 5.75 Å². The van der Waals surface area contributed by atoms with Crippen LogP contribution >= 0.6 is 0 Å². The molecule has 0 saturated heterocycles. The first-order chi connectivity index (χ1) is 14.2. The van der Waals surface area contributed by atoms with Crippen LogP contribution in [-0.4, -0.2) is 11.5 Å². The Bertz CT molecular complexity index is 1160. The zero-order valence-electron chi connectivity index (χ0n) is 17.0. The van der Waals surface area contributed by atoms with Crippen molar-refractivity contribution < 1.29 is 4.74 Å². The summed E-state index contributed by atoms with van der Waals surface area (Å²) in [6, 6.07) is 23.4. The van der Waals surface area contributed by atoms with E-state index in [1.807, 2.05) is 24.3 Å². The van der Waals surface area contributed by atoms with Crippen molar-refractivity contribution in [3.8, 4) is 5.75 Å². The number of H-pyrrole nitrogens is 1.